The largest absolute Gasteiger partial charge is 0.496 e. The van der Waals surface area contributed by atoms with Gasteiger partial charge in [-0.25, -0.2) is 0 Å². The van der Waals surface area contributed by atoms with Crippen molar-refractivity contribution in [1.82, 2.24) is 9.80 Å². The van der Waals surface area contributed by atoms with E-state index in [2.05, 4.69) is 13.0 Å². The van der Waals surface area contributed by atoms with Crippen LogP contribution in [0.1, 0.15) is 46.6 Å². The third-order valence-corrected chi connectivity index (χ3v) is 7.21. The molecule has 1 aromatic heterocycles. The second-order valence-corrected chi connectivity index (χ2v) is 9.49. The predicted octanol–water partition coefficient (Wildman–Crippen LogP) is 5.54. The van der Waals surface area contributed by atoms with E-state index in [4.69, 9.17) is 9.47 Å². The lowest BCUT2D eigenvalue weighted by atomic mass is 10.1. The minimum Gasteiger partial charge on any atom is -0.496 e. The van der Waals surface area contributed by atoms with Crippen LogP contribution in [0.15, 0.2) is 60.0 Å². The lowest BCUT2D eigenvalue weighted by molar-refractivity contribution is -0.133. The van der Waals surface area contributed by atoms with Crippen LogP contribution in [0.4, 0.5) is 0 Å². The molecular weight excluding hydrogens is 460 g/mol. The number of aryl methyl sites for hydroxylation is 1. The Balaban J connectivity index is 1.92. The molecule has 7 heteroatoms. The molecule has 0 radical (unpaired) electrons. The van der Waals surface area contributed by atoms with Crippen molar-refractivity contribution >= 4 is 23.2 Å². The van der Waals surface area contributed by atoms with Crippen LogP contribution in [-0.2, 0) is 17.9 Å². The van der Waals surface area contributed by atoms with Crippen molar-refractivity contribution in [2.45, 2.75) is 46.3 Å². The quantitative estimate of drug-likeness (QED) is 0.351. The first-order valence-electron chi connectivity index (χ1n) is 11.8. The zero-order valence-corrected chi connectivity index (χ0v) is 21.9. The lowest BCUT2D eigenvalue weighted by Crippen LogP contribution is -2.46. The number of thiophene rings is 1. The SMILES string of the molecule is CCC(C)N(CC(=O)N(Cc1ccccc1)Cc1sccc1C)C(=O)c1c(OC)cccc1OC. The molecular formula is C28H34N2O4S. The van der Waals surface area contributed by atoms with Crippen LogP contribution in [0, 0.1) is 6.92 Å². The Morgan fingerprint density at radius 3 is 2.14 bits per heavy atom. The Morgan fingerprint density at radius 2 is 1.60 bits per heavy atom. The standard InChI is InChI=1S/C28H34N2O4S/c1-6-21(3)30(28(32)27-23(33-4)13-10-14-24(27)34-5)19-26(31)29(17-22-11-8-7-9-12-22)18-25-20(2)15-16-35-25/h7-16,21H,6,17-19H2,1-5H3. The minimum absolute atomic E-state index is 0.0354. The third kappa shape index (κ3) is 6.42. The molecule has 0 saturated carbocycles. The Kier molecular flexibility index (Phi) is 9.32. The average molecular weight is 495 g/mol. The van der Waals surface area contributed by atoms with Crippen molar-refractivity contribution in [2.24, 2.45) is 0 Å². The molecule has 0 aliphatic rings. The molecule has 0 aliphatic heterocycles. The molecule has 0 aliphatic carbocycles. The summed E-state index contributed by atoms with van der Waals surface area (Å²) >= 11 is 1.64. The zero-order valence-electron chi connectivity index (χ0n) is 21.1. The fourth-order valence-electron chi connectivity index (χ4n) is 3.87. The fraction of sp³-hybridized carbons (Fsp3) is 0.357. The number of nitrogens with zero attached hydrogens (tertiary/aromatic N) is 2. The van der Waals surface area contributed by atoms with Gasteiger partial charge in [-0.1, -0.05) is 43.3 Å². The monoisotopic (exact) mass is 494 g/mol. The summed E-state index contributed by atoms with van der Waals surface area (Å²) < 4.78 is 10.9. The average Bonchev–Trinajstić information content (AvgIpc) is 3.29. The van der Waals surface area contributed by atoms with Gasteiger partial charge >= 0.3 is 0 Å². The van der Waals surface area contributed by atoms with Crippen LogP contribution in [-0.4, -0.2) is 48.4 Å². The van der Waals surface area contributed by atoms with Crippen molar-refractivity contribution in [3.63, 3.8) is 0 Å². The van der Waals surface area contributed by atoms with Gasteiger partial charge in [0.25, 0.3) is 5.91 Å². The molecule has 6 nitrogen and oxygen atoms in total. The molecule has 186 valence electrons. The maximum atomic E-state index is 13.8. The zero-order chi connectivity index (χ0) is 25.4. The van der Waals surface area contributed by atoms with E-state index in [0.717, 1.165) is 16.0 Å². The van der Waals surface area contributed by atoms with E-state index < -0.39 is 0 Å². The lowest BCUT2D eigenvalue weighted by Gasteiger charge is -2.32. The molecule has 1 atom stereocenters. The first kappa shape index (κ1) is 26.3. The predicted molar refractivity (Wildman–Crippen MR) is 140 cm³/mol. The van der Waals surface area contributed by atoms with E-state index in [0.29, 0.717) is 36.6 Å². The summed E-state index contributed by atoms with van der Waals surface area (Å²) in [5.41, 5.74) is 2.53. The van der Waals surface area contributed by atoms with Gasteiger partial charge in [0.2, 0.25) is 5.91 Å². The number of benzene rings is 2. The van der Waals surface area contributed by atoms with E-state index in [9.17, 15) is 9.59 Å². The van der Waals surface area contributed by atoms with Gasteiger partial charge in [-0.2, -0.15) is 0 Å². The molecule has 0 fully saturated rings. The highest BCUT2D eigenvalue weighted by atomic mass is 32.1. The summed E-state index contributed by atoms with van der Waals surface area (Å²) in [6, 6.07) is 17.1. The summed E-state index contributed by atoms with van der Waals surface area (Å²) in [7, 11) is 3.05. The normalized spacial score (nSPS) is 11.6. The molecule has 1 unspecified atom stereocenters. The number of amides is 2. The van der Waals surface area contributed by atoms with Crippen molar-refractivity contribution in [1.29, 1.82) is 0 Å². The summed E-state index contributed by atoms with van der Waals surface area (Å²) in [5, 5.41) is 2.04. The van der Waals surface area contributed by atoms with Gasteiger partial charge in [-0.15, -0.1) is 11.3 Å². The Labute approximate surface area is 212 Å². The second-order valence-electron chi connectivity index (χ2n) is 8.49. The Morgan fingerprint density at radius 1 is 0.943 bits per heavy atom. The Bertz CT molecular complexity index is 1110. The summed E-state index contributed by atoms with van der Waals surface area (Å²) in [6.07, 6.45) is 0.708. The van der Waals surface area contributed by atoms with E-state index >= 15 is 0 Å². The van der Waals surface area contributed by atoms with Crippen LogP contribution >= 0.6 is 11.3 Å². The molecule has 3 aromatic rings. The maximum absolute atomic E-state index is 13.8. The van der Waals surface area contributed by atoms with Gasteiger partial charge in [0.05, 0.1) is 20.8 Å². The number of carbonyl (C=O) groups excluding carboxylic acids is 2. The number of rotatable bonds is 11. The van der Waals surface area contributed by atoms with Gasteiger partial charge < -0.3 is 19.3 Å². The summed E-state index contributed by atoms with van der Waals surface area (Å²) in [4.78, 5) is 32.1. The van der Waals surface area contributed by atoms with Crippen LogP contribution in [0.5, 0.6) is 11.5 Å². The number of methoxy groups -OCH3 is 2. The van der Waals surface area contributed by atoms with Gasteiger partial charge in [-0.05, 0) is 55.0 Å². The van der Waals surface area contributed by atoms with Crippen molar-refractivity contribution in [3.05, 3.63) is 81.5 Å². The molecule has 0 N–H and O–H groups in total. The second kappa shape index (κ2) is 12.4. The number of ether oxygens (including phenoxy) is 2. The highest BCUT2D eigenvalue weighted by Gasteiger charge is 2.30. The van der Waals surface area contributed by atoms with Gasteiger partial charge in [-0.3, -0.25) is 9.59 Å². The third-order valence-electron chi connectivity index (χ3n) is 6.20. The number of hydrogen-bond donors (Lipinski definition) is 0. The highest BCUT2D eigenvalue weighted by Crippen LogP contribution is 2.30. The van der Waals surface area contributed by atoms with E-state index in [1.165, 1.54) is 14.2 Å². The van der Waals surface area contributed by atoms with Crippen LogP contribution in [0.25, 0.3) is 0 Å². The topological polar surface area (TPSA) is 59.1 Å². The summed E-state index contributed by atoms with van der Waals surface area (Å²) in [5.74, 6) is 0.453. The highest BCUT2D eigenvalue weighted by molar-refractivity contribution is 7.10. The molecule has 2 amide bonds. The molecule has 2 aromatic carbocycles. The van der Waals surface area contributed by atoms with E-state index in [-0.39, 0.29) is 24.4 Å². The fourth-order valence-corrected chi connectivity index (χ4v) is 4.80. The molecule has 1 heterocycles. The van der Waals surface area contributed by atoms with Gasteiger partial charge in [0.15, 0.2) is 0 Å². The first-order chi connectivity index (χ1) is 16.9. The van der Waals surface area contributed by atoms with Crippen LogP contribution < -0.4 is 9.47 Å². The van der Waals surface area contributed by atoms with Crippen molar-refractivity contribution in [2.75, 3.05) is 20.8 Å². The van der Waals surface area contributed by atoms with Crippen molar-refractivity contribution in [3.8, 4) is 11.5 Å². The molecule has 3 rings (SSSR count). The molecule has 35 heavy (non-hydrogen) atoms. The molecule has 0 saturated heterocycles. The summed E-state index contributed by atoms with van der Waals surface area (Å²) in [6.45, 7) is 6.95. The van der Waals surface area contributed by atoms with Crippen LogP contribution in [0.3, 0.4) is 0 Å². The van der Waals surface area contributed by atoms with Gasteiger partial charge in [0, 0.05) is 17.5 Å². The molecule has 0 bridgehead atoms. The maximum Gasteiger partial charge on any atom is 0.262 e. The van der Waals surface area contributed by atoms with Gasteiger partial charge in [0.1, 0.15) is 23.6 Å². The van der Waals surface area contributed by atoms with Crippen molar-refractivity contribution < 1.29 is 19.1 Å². The number of carbonyl (C=O) groups is 2. The molecule has 0 spiro atoms. The minimum atomic E-state index is -0.283. The smallest absolute Gasteiger partial charge is 0.262 e. The Hall–Kier alpha value is -3.32. The van der Waals surface area contributed by atoms with E-state index in [1.54, 1.807) is 34.4 Å². The van der Waals surface area contributed by atoms with E-state index in [1.807, 2.05) is 54.5 Å². The number of hydrogen-bond acceptors (Lipinski definition) is 5. The first-order valence-corrected chi connectivity index (χ1v) is 12.6. The van der Waals surface area contributed by atoms with Crippen LogP contribution in [0.2, 0.25) is 0 Å².